The number of allylic oxidation sites excluding steroid dienone is 1. The van der Waals surface area contributed by atoms with Crippen molar-refractivity contribution in [1.29, 1.82) is 0 Å². The molecule has 0 spiro atoms. The molecule has 0 unspecified atom stereocenters. The van der Waals surface area contributed by atoms with Crippen molar-refractivity contribution in [1.82, 2.24) is 19.8 Å². The molecule has 3 rings (SSSR count). The molecule has 0 radical (unpaired) electrons. The predicted molar refractivity (Wildman–Crippen MR) is 118 cm³/mol. The van der Waals surface area contributed by atoms with E-state index in [1.807, 2.05) is 37.6 Å². The van der Waals surface area contributed by atoms with Gasteiger partial charge in [-0.15, -0.1) is 0 Å². The standard InChI is InChI=1S/C22H30N6/c1-17(2)25-21(28-11-9-26(4)10-12-28)13-18(3)16-27(5)20-15-23-14-19-7-6-8-24-22(19)20/h6-8,13-15H,1,9-12,16H2,2-5H3/b18-13+,25-21+. The number of anilines is 1. The molecule has 0 amide bonds. The minimum absolute atomic E-state index is 0.778. The Morgan fingerprint density at radius 3 is 2.71 bits per heavy atom. The molecule has 0 bridgehead atoms. The number of aromatic nitrogens is 2. The van der Waals surface area contributed by atoms with Gasteiger partial charge in [-0.1, -0.05) is 12.2 Å². The van der Waals surface area contributed by atoms with Crippen LogP contribution in [0.4, 0.5) is 5.69 Å². The van der Waals surface area contributed by atoms with Crippen molar-refractivity contribution in [2.24, 2.45) is 4.99 Å². The first-order chi connectivity index (χ1) is 13.4. The summed E-state index contributed by atoms with van der Waals surface area (Å²) >= 11 is 0. The number of fused-ring (bicyclic) bond motifs is 1. The van der Waals surface area contributed by atoms with Crippen molar-refractivity contribution in [3.8, 4) is 0 Å². The Balaban J connectivity index is 1.79. The first-order valence-corrected chi connectivity index (χ1v) is 9.69. The van der Waals surface area contributed by atoms with Crippen molar-refractivity contribution >= 4 is 22.4 Å². The van der Waals surface area contributed by atoms with Crippen molar-refractivity contribution in [3.05, 3.63) is 54.6 Å². The maximum atomic E-state index is 4.71. The summed E-state index contributed by atoms with van der Waals surface area (Å²) in [5, 5.41) is 1.05. The fourth-order valence-corrected chi connectivity index (χ4v) is 3.42. The zero-order chi connectivity index (χ0) is 20.1. The molecular formula is C22H30N6. The summed E-state index contributed by atoms with van der Waals surface area (Å²) in [6.45, 7) is 12.9. The summed E-state index contributed by atoms with van der Waals surface area (Å²) in [6, 6.07) is 3.98. The van der Waals surface area contributed by atoms with Gasteiger partial charge in [-0.3, -0.25) is 9.97 Å². The number of amidine groups is 1. The van der Waals surface area contributed by atoms with Crippen LogP contribution in [0.2, 0.25) is 0 Å². The van der Waals surface area contributed by atoms with Crippen molar-refractivity contribution in [2.75, 3.05) is 51.7 Å². The van der Waals surface area contributed by atoms with Gasteiger partial charge in [0.2, 0.25) is 0 Å². The van der Waals surface area contributed by atoms with E-state index in [2.05, 4.69) is 58.3 Å². The monoisotopic (exact) mass is 378 g/mol. The highest BCUT2D eigenvalue weighted by Crippen LogP contribution is 2.23. The molecule has 2 aromatic heterocycles. The van der Waals surface area contributed by atoms with Gasteiger partial charge in [0.25, 0.3) is 0 Å². The van der Waals surface area contributed by atoms with Gasteiger partial charge in [-0.25, -0.2) is 4.99 Å². The van der Waals surface area contributed by atoms with E-state index < -0.39 is 0 Å². The summed E-state index contributed by atoms with van der Waals surface area (Å²) < 4.78 is 0. The molecular weight excluding hydrogens is 348 g/mol. The quantitative estimate of drug-likeness (QED) is 0.591. The number of likely N-dealkylation sites (N-methyl/N-ethyl adjacent to an activating group) is 2. The minimum Gasteiger partial charge on any atom is -0.368 e. The third-order valence-corrected chi connectivity index (χ3v) is 4.90. The van der Waals surface area contributed by atoms with Gasteiger partial charge in [0.1, 0.15) is 5.84 Å². The fourth-order valence-electron chi connectivity index (χ4n) is 3.42. The molecule has 0 N–H and O–H groups in total. The molecule has 148 valence electrons. The molecule has 1 aliphatic rings. The van der Waals surface area contributed by atoms with Gasteiger partial charge in [-0.05, 0) is 39.1 Å². The minimum atomic E-state index is 0.778. The average molecular weight is 379 g/mol. The van der Waals surface area contributed by atoms with Crippen LogP contribution in [0.1, 0.15) is 13.8 Å². The van der Waals surface area contributed by atoms with E-state index in [-0.39, 0.29) is 0 Å². The van der Waals surface area contributed by atoms with Crippen molar-refractivity contribution in [3.63, 3.8) is 0 Å². The van der Waals surface area contributed by atoms with Crippen LogP contribution in [0.25, 0.3) is 10.9 Å². The van der Waals surface area contributed by atoms with Crippen LogP contribution < -0.4 is 4.90 Å². The lowest BCUT2D eigenvalue weighted by Crippen LogP contribution is -2.46. The van der Waals surface area contributed by atoms with E-state index >= 15 is 0 Å². The largest absolute Gasteiger partial charge is 0.368 e. The second-order valence-corrected chi connectivity index (χ2v) is 7.58. The lowest BCUT2D eigenvalue weighted by Gasteiger charge is -2.34. The topological polar surface area (TPSA) is 47.9 Å². The highest BCUT2D eigenvalue weighted by Gasteiger charge is 2.17. The van der Waals surface area contributed by atoms with Crippen molar-refractivity contribution < 1.29 is 0 Å². The number of piperazine rings is 1. The summed E-state index contributed by atoms with van der Waals surface area (Å²) in [5.41, 5.74) is 4.06. The third kappa shape index (κ3) is 4.95. The maximum absolute atomic E-state index is 4.71. The number of hydrogen-bond donors (Lipinski definition) is 0. The SMILES string of the molecule is C=C(C)/N=C(\C=C(/C)CN(C)c1cncc2cccnc12)N1CCN(C)CC1. The fraction of sp³-hybridized carbons (Fsp3) is 0.409. The van der Waals surface area contributed by atoms with Crippen LogP contribution in [0, 0.1) is 0 Å². The van der Waals surface area contributed by atoms with Gasteiger partial charge in [0, 0.05) is 63.2 Å². The third-order valence-electron chi connectivity index (χ3n) is 4.90. The van der Waals surface area contributed by atoms with Crippen LogP contribution in [0.3, 0.4) is 0 Å². The van der Waals surface area contributed by atoms with E-state index in [0.717, 1.165) is 60.8 Å². The lowest BCUT2D eigenvalue weighted by atomic mass is 10.2. The molecule has 0 aliphatic carbocycles. The zero-order valence-electron chi connectivity index (χ0n) is 17.4. The Bertz CT molecular complexity index is 888. The normalized spacial score (nSPS) is 16.5. The Labute approximate surface area is 167 Å². The Kier molecular flexibility index (Phi) is 6.41. The first-order valence-electron chi connectivity index (χ1n) is 9.69. The highest BCUT2D eigenvalue weighted by atomic mass is 15.3. The molecule has 1 fully saturated rings. The number of nitrogens with zero attached hydrogens (tertiary/aromatic N) is 6. The Morgan fingerprint density at radius 2 is 2.00 bits per heavy atom. The maximum Gasteiger partial charge on any atom is 0.128 e. The van der Waals surface area contributed by atoms with Crippen LogP contribution >= 0.6 is 0 Å². The van der Waals surface area contributed by atoms with Gasteiger partial charge in [0.15, 0.2) is 0 Å². The number of aliphatic imine (C=N–C) groups is 1. The molecule has 0 atom stereocenters. The van der Waals surface area contributed by atoms with Crippen LogP contribution in [0.5, 0.6) is 0 Å². The first kappa shape index (κ1) is 20.0. The van der Waals surface area contributed by atoms with Crippen molar-refractivity contribution in [2.45, 2.75) is 13.8 Å². The molecule has 1 saturated heterocycles. The number of rotatable bonds is 5. The zero-order valence-corrected chi connectivity index (χ0v) is 17.4. The molecule has 28 heavy (non-hydrogen) atoms. The number of pyridine rings is 2. The van der Waals surface area contributed by atoms with Gasteiger partial charge in [0.05, 0.1) is 17.4 Å². The van der Waals surface area contributed by atoms with Crippen LogP contribution in [-0.2, 0) is 0 Å². The summed E-state index contributed by atoms with van der Waals surface area (Å²) in [4.78, 5) is 20.5. The second-order valence-electron chi connectivity index (χ2n) is 7.58. The molecule has 6 heteroatoms. The number of hydrogen-bond acceptors (Lipinski definition) is 5. The Hall–Kier alpha value is -2.73. The second kappa shape index (κ2) is 8.97. The van der Waals surface area contributed by atoms with E-state index in [1.165, 1.54) is 5.57 Å². The lowest BCUT2D eigenvalue weighted by molar-refractivity contribution is 0.216. The van der Waals surface area contributed by atoms with Gasteiger partial charge >= 0.3 is 0 Å². The molecule has 6 nitrogen and oxygen atoms in total. The molecule has 3 heterocycles. The average Bonchev–Trinajstić information content (AvgIpc) is 2.67. The molecule has 0 saturated carbocycles. The molecule has 2 aromatic rings. The van der Waals surface area contributed by atoms with E-state index in [1.54, 1.807) is 0 Å². The molecule has 0 aromatic carbocycles. The highest BCUT2D eigenvalue weighted by molar-refractivity contribution is 5.94. The summed E-state index contributed by atoms with van der Waals surface area (Å²) in [7, 11) is 4.24. The van der Waals surface area contributed by atoms with Gasteiger partial charge in [-0.2, -0.15) is 0 Å². The van der Waals surface area contributed by atoms with Crippen LogP contribution in [-0.4, -0.2) is 72.4 Å². The molecule has 1 aliphatic heterocycles. The van der Waals surface area contributed by atoms with E-state index in [4.69, 9.17) is 4.99 Å². The summed E-state index contributed by atoms with van der Waals surface area (Å²) in [6.07, 6.45) is 7.75. The Morgan fingerprint density at radius 1 is 1.25 bits per heavy atom. The predicted octanol–water partition coefficient (Wildman–Crippen LogP) is 3.19. The van der Waals surface area contributed by atoms with Crippen LogP contribution in [0.15, 0.2) is 59.6 Å². The van der Waals surface area contributed by atoms with Gasteiger partial charge < -0.3 is 14.7 Å². The summed E-state index contributed by atoms with van der Waals surface area (Å²) in [5.74, 6) is 1.00. The smallest absolute Gasteiger partial charge is 0.128 e. The van der Waals surface area contributed by atoms with E-state index in [9.17, 15) is 0 Å². The van der Waals surface area contributed by atoms with E-state index in [0.29, 0.717) is 0 Å².